The minimum atomic E-state index is 0.500. The van der Waals surface area contributed by atoms with E-state index < -0.39 is 0 Å². The van der Waals surface area contributed by atoms with Crippen molar-refractivity contribution >= 4 is 28.2 Å². The molecule has 3 nitrogen and oxygen atoms in total. The van der Waals surface area contributed by atoms with Gasteiger partial charge in [-0.2, -0.15) is 11.8 Å². The van der Waals surface area contributed by atoms with Crippen LogP contribution < -0.4 is 10.2 Å². The van der Waals surface area contributed by atoms with Gasteiger partial charge in [0, 0.05) is 29.0 Å². The number of thiazole rings is 1. The monoisotopic (exact) mass is 311 g/mol. The van der Waals surface area contributed by atoms with Crippen LogP contribution in [0, 0.1) is 0 Å². The molecule has 3 rings (SSSR count). The molecular formula is C15H25N3S2. The molecule has 0 spiro atoms. The Morgan fingerprint density at radius 1 is 1.45 bits per heavy atom. The Balaban J connectivity index is 1.76. The molecular weight excluding hydrogens is 286 g/mol. The van der Waals surface area contributed by atoms with Crippen LogP contribution in [-0.4, -0.2) is 35.6 Å². The second-order valence-corrected chi connectivity index (χ2v) is 8.44. The first-order valence-corrected chi connectivity index (χ1v) is 9.74. The second kappa shape index (κ2) is 6.67. The Hall–Kier alpha value is -0.260. The third-order valence-electron chi connectivity index (χ3n) is 4.10. The van der Waals surface area contributed by atoms with E-state index in [-0.39, 0.29) is 0 Å². The van der Waals surface area contributed by atoms with Crippen molar-refractivity contribution in [1.29, 1.82) is 0 Å². The molecule has 2 unspecified atom stereocenters. The van der Waals surface area contributed by atoms with Gasteiger partial charge in [-0.15, -0.1) is 11.3 Å². The number of aryl methyl sites for hydroxylation is 1. The number of hydrogen-bond donors (Lipinski definition) is 1. The van der Waals surface area contributed by atoms with Gasteiger partial charge in [-0.3, -0.25) is 0 Å². The molecule has 0 amide bonds. The lowest BCUT2D eigenvalue weighted by molar-refractivity contribution is 0.454. The van der Waals surface area contributed by atoms with Crippen molar-refractivity contribution in [1.82, 2.24) is 10.3 Å². The maximum Gasteiger partial charge on any atom is 0.185 e. The highest BCUT2D eigenvalue weighted by Gasteiger charge is 2.27. The van der Waals surface area contributed by atoms with Crippen molar-refractivity contribution in [3.63, 3.8) is 0 Å². The van der Waals surface area contributed by atoms with E-state index in [0.29, 0.717) is 6.04 Å². The molecule has 1 saturated heterocycles. The number of anilines is 1. The lowest BCUT2D eigenvalue weighted by Crippen LogP contribution is -2.36. The van der Waals surface area contributed by atoms with E-state index in [1.54, 1.807) is 0 Å². The van der Waals surface area contributed by atoms with Gasteiger partial charge in [-0.1, -0.05) is 13.8 Å². The van der Waals surface area contributed by atoms with Crippen LogP contribution in [-0.2, 0) is 6.42 Å². The van der Waals surface area contributed by atoms with Crippen LogP contribution in [0.2, 0.25) is 0 Å². The summed E-state index contributed by atoms with van der Waals surface area (Å²) in [5.74, 6) is 1.24. The van der Waals surface area contributed by atoms with E-state index in [4.69, 9.17) is 4.98 Å². The summed E-state index contributed by atoms with van der Waals surface area (Å²) in [6, 6.07) is 0.500. The number of nitrogens with one attached hydrogen (secondary N) is 1. The summed E-state index contributed by atoms with van der Waals surface area (Å²) in [6.45, 7) is 7.98. The third kappa shape index (κ3) is 3.15. The lowest BCUT2D eigenvalue weighted by Gasteiger charge is -2.30. The molecule has 1 aromatic heterocycles. The Labute approximate surface area is 130 Å². The number of thioether (sulfide) groups is 1. The van der Waals surface area contributed by atoms with Crippen molar-refractivity contribution in [3.8, 4) is 0 Å². The summed E-state index contributed by atoms with van der Waals surface area (Å²) in [7, 11) is 0. The maximum absolute atomic E-state index is 5.02. The van der Waals surface area contributed by atoms with Gasteiger partial charge in [0.05, 0.1) is 11.7 Å². The number of nitrogens with zero attached hydrogens (tertiary/aromatic N) is 2. The molecule has 1 aliphatic carbocycles. The fourth-order valence-corrected chi connectivity index (χ4v) is 5.26. The smallest absolute Gasteiger partial charge is 0.185 e. The lowest BCUT2D eigenvalue weighted by atomic mass is 9.97. The Bertz CT molecular complexity index is 446. The first kappa shape index (κ1) is 14.7. The molecule has 0 bridgehead atoms. The van der Waals surface area contributed by atoms with E-state index in [1.165, 1.54) is 47.1 Å². The van der Waals surface area contributed by atoms with Gasteiger partial charge >= 0.3 is 0 Å². The zero-order valence-corrected chi connectivity index (χ0v) is 14.2. The van der Waals surface area contributed by atoms with Gasteiger partial charge < -0.3 is 10.2 Å². The largest absolute Gasteiger partial charge is 0.346 e. The molecule has 2 aliphatic rings. The van der Waals surface area contributed by atoms with Crippen molar-refractivity contribution in [2.45, 2.75) is 50.8 Å². The van der Waals surface area contributed by atoms with Crippen LogP contribution in [0.15, 0.2) is 0 Å². The van der Waals surface area contributed by atoms with Crippen molar-refractivity contribution < 1.29 is 0 Å². The molecule has 0 saturated carbocycles. The van der Waals surface area contributed by atoms with Crippen LogP contribution >= 0.6 is 23.1 Å². The van der Waals surface area contributed by atoms with Crippen LogP contribution in [0.25, 0.3) is 0 Å². The van der Waals surface area contributed by atoms with Gasteiger partial charge in [-0.05, 0) is 32.2 Å². The van der Waals surface area contributed by atoms with Crippen LogP contribution in [0.3, 0.4) is 0 Å². The first-order valence-electron chi connectivity index (χ1n) is 7.87. The van der Waals surface area contributed by atoms with Crippen LogP contribution in [0.5, 0.6) is 0 Å². The predicted octanol–water partition coefficient (Wildman–Crippen LogP) is 3.46. The molecule has 0 radical (unpaired) electrons. The zero-order chi connectivity index (χ0) is 13.9. The molecule has 1 aliphatic heterocycles. The average molecular weight is 312 g/mol. The summed E-state index contributed by atoms with van der Waals surface area (Å²) in [4.78, 5) is 9.05. The normalized spacial score (nSPS) is 26.6. The summed E-state index contributed by atoms with van der Waals surface area (Å²) >= 11 is 4.03. The fourth-order valence-electron chi connectivity index (χ4n) is 3.05. The number of rotatable bonds is 4. The Kier molecular flexibility index (Phi) is 4.89. The molecule has 1 N–H and O–H groups in total. The first-order chi connectivity index (χ1) is 9.78. The Morgan fingerprint density at radius 3 is 3.15 bits per heavy atom. The van der Waals surface area contributed by atoms with E-state index >= 15 is 0 Å². The molecule has 1 aromatic rings. The van der Waals surface area contributed by atoms with Gasteiger partial charge in [0.25, 0.3) is 0 Å². The minimum Gasteiger partial charge on any atom is -0.346 e. The molecule has 112 valence electrons. The van der Waals surface area contributed by atoms with Crippen molar-refractivity contribution in [2.24, 2.45) is 0 Å². The van der Waals surface area contributed by atoms with E-state index in [0.717, 1.165) is 24.9 Å². The van der Waals surface area contributed by atoms with Crippen molar-refractivity contribution in [3.05, 3.63) is 10.6 Å². The highest BCUT2D eigenvalue weighted by molar-refractivity contribution is 8.00. The van der Waals surface area contributed by atoms with E-state index in [2.05, 4.69) is 35.8 Å². The van der Waals surface area contributed by atoms with Gasteiger partial charge in [0.2, 0.25) is 0 Å². The second-order valence-electron chi connectivity index (χ2n) is 5.83. The minimum absolute atomic E-state index is 0.500. The molecule has 5 heteroatoms. The van der Waals surface area contributed by atoms with Crippen LogP contribution in [0.4, 0.5) is 5.13 Å². The maximum atomic E-state index is 5.02. The summed E-state index contributed by atoms with van der Waals surface area (Å²) in [5.41, 5.74) is 1.36. The van der Waals surface area contributed by atoms with Gasteiger partial charge in [0.1, 0.15) is 0 Å². The number of fused-ring (bicyclic) bond motifs is 1. The summed E-state index contributed by atoms with van der Waals surface area (Å²) in [5, 5.41) is 5.68. The molecule has 1 fully saturated rings. The Morgan fingerprint density at radius 2 is 2.35 bits per heavy atom. The quantitative estimate of drug-likeness (QED) is 0.922. The van der Waals surface area contributed by atoms with Crippen LogP contribution in [0.1, 0.15) is 49.7 Å². The highest BCUT2D eigenvalue weighted by atomic mass is 32.2. The summed E-state index contributed by atoms with van der Waals surface area (Å²) in [6.07, 6.45) is 4.99. The fraction of sp³-hybridized carbons (Fsp3) is 0.800. The predicted molar refractivity (Wildman–Crippen MR) is 90.2 cm³/mol. The van der Waals surface area contributed by atoms with Gasteiger partial charge in [-0.25, -0.2) is 4.98 Å². The van der Waals surface area contributed by atoms with Crippen molar-refractivity contribution in [2.75, 3.05) is 30.3 Å². The van der Waals surface area contributed by atoms with Gasteiger partial charge in [0.15, 0.2) is 5.13 Å². The average Bonchev–Trinajstić information content (AvgIpc) is 2.89. The SMILES string of the molecule is CCCNC1CCCc2sc(N3CCSC(C)C3)nc21. The summed E-state index contributed by atoms with van der Waals surface area (Å²) < 4.78 is 0. The van der Waals surface area contributed by atoms with E-state index in [1.807, 2.05) is 11.3 Å². The third-order valence-corrected chi connectivity index (χ3v) is 6.42. The molecule has 0 aromatic carbocycles. The standard InChI is InChI=1S/C15H25N3S2/c1-3-7-16-12-5-4-6-13-14(12)17-15(20-13)18-8-9-19-11(2)10-18/h11-12,16H,3-10H2,1-2H3. The van der Waals surface area contributed by atoms with E-state index in [9.17, 15) is 0 Å². The molecule has 2 atom stereocenters. The molecule has 20 heavy (non-hydrogen) atoms. The highest BCUT2D eigenvalue weighted by Crippen LogP contribution is 2.37. The zero-order valence-electron chi connectivity index (χ0n) is 12.5. The number of aromatic nitrogens is 1. The topological polar surface area (TPSA) is 28.2 Å². The molecule has 2 heterocycles. The number of hydrogen-bond acceptors (Lipinski definition) is 5.